The fourth-order valence-corrected chi connectivity index (χ4v) is 0.790. The molecule has 60 valence electrons. The summed E-state index contributed by atoms with van der Waals surface area (Å²) in [4.78, 5) is 0. The van der Waals surface area contributed by atoms with Crippen molar-refractivity contribution in [1.82, 2.24) is 0 Å². The third-order valence-electron chi connectivity index (χ3n) is 1.87. The molecule has 0 fully saturated rings. The van der Waals surface area contributed by atoms with E-state index in [0.717, 1.165) is 12.0 Å². The number of allylic oxidation sites excluding steroid dienone is 1. The predicted octanol–water partition coefficient (Wildman–Crippen LogP) is 2.51. The summed E-state index contributed by atoms with van der Waals surface area (Å²) in [5.74, 6) is 0. The molecule has 0 radical (unpaired) electrons. The molecular weight excluding hydrogens is 124 g/mol. The van der Waals surface area contributed by atoms with E-state index >= 15 is 0 Å². The third-order valence-corrected chi connectivity index (χ3v) is 1.87. The summed E-state index contributed by atoms with van der Waals surface area (Å²) in [5, 5.41) is 8.75. The summed E-state index contributed by atoms with van der Waals surface area (Å²) in [7, 11) is 0. The zero-order valence-electron chi connectivity index (χ0n) is 7.28. The van der Waals surface area contributed by atoms with Crippen molar-refractivity contribution in [3.8, 4) is 0 Å². The van der Waals surface area contributed by atoms with Gasteiger partial charge in [-0.1, -0.05) is 18.9 Å². The van der Waals surface area contributed by atoms with Crippen molar-refractivity contribution in [2.24, 2.45) is 0 Å². The molecule has 0 aromatic carbocycles. The molecule has 0 rings (SSSR count). The Kier molecular flexibility index (Phi) is 5.32. The zero-order chi connectivity index (χ0) is 7.98. The molecule has 0 saturated heterocycles. The van der Waals surface area contributed by atoms with Crippen molar-refractivity contribution < 1.29 is 5.11 Å². The van der Waals surface area contributed by atoms with Crippen LogP contribution in [-0.2, 0) is 0 Å². The highest BCUT2D eigenvalue weighted by molar-refractivity contribution is 5.09. The van der Waals surface area contributed by atoms with Crippen molar-refractivity contribution in [2.75, 3.05) is 6.61 Å². The number of aliphatic hydroxyl groups excluding tert-OH is 1. The van der Waals surface area contributed by atoms with Gasteiger partial charge in [-0.2, -0.15) is 0 Å². The third kappa shape index (κ3) is 3.67. The molecule has 1 N–H and O–H groups in total. The molecule has 1 heteroatoms. The molecular formula is C9H18O. The molecule has 0 aliphatic rings. The molecule has 0 bridgehead atoms. The molecule has 0 aliphatic carbocycles. The van der Waals surface area contributed by atoms with Gasteiger partial charge in [0.2, 0.25) is 0 Å². The molecule has 10 heavy (non-hydrogen) atoms. The van der Waals surface area contributed by atoms with Gasteiger partial charge in [0.1, 0.15) is 0 Å². The van der Waals surface area contributed by atoms with E-state index < -0.39 is 0 Å². The Bertz CT molecular complexity index is 114. The first-order chi connectivity index (χ1) is 4.72. The van der Waals surface area contributed by atoms with E-state index in [0.29, 0.717) is 0 Å². The Labute approximate surface area is 63.8 Å². The van der Waals surface area contributed by atoms with E-state index in [9.17, 15) is 0 Å². The SMILES string of the molecule is CCCC/C(C)=C(/C)CO. The lowest BCUT2D eigenvalue weighted by molar-refractivity contribution is 0.329. The molecule has 0 aromatic rings. The largest absolute Gasteiger partial charge is 0.392 e. The van der Waals surface area contributed by atoms with E-state index in [2.05, 4.69) is 13.8 Å². The Morgan fingerprint density at radius 2 is 1.80 bits per heavy atom. The number of rotatable bonds is 4. The first kappa shape index (κ1) is 9.70. The van der Waals surface area contributed by atoms with Gasteiger partial charge in [-0.25, -0.2) is 0 Å². The Balaban J connectivity index is 3.68. The standard InChI is InChI=1S/C9H18O/c1-4-5-6-8(2)9(3)7-10/h10H,4-7H2,1-3H3/b9-8-. The highest BCUT2D eigenvalue weighted by Crippen LogP contribution is 2.10. The van der Waals surface area contributed by atoms with Crippen LogP contribution in [0.4, 0.5) is 0 Å². The van der Waals surface area contributed by atoms with Crippen molar-refractivity contribution in [3.63, 3.8) is 0 Å². The first-order valence-corrected chi connectivity index (χ1v) is 3.98. The van der Waals surface area contributed by atoms with Crippen LogP contribution in [0.5, 0.6) is 0 Å². The van der Waals surface area contributed by atoms with Crippen molar-refractivity contribution in [2.45, 2.75) is 40.0 Å². The maximum atomic E-state index is 8.75. The fourth-order valence-electron chi connectivity index (χ4n) is 0.790. The van der Waals surface area contributed by atoms with Crippen LogP contribution < -0.4 is 0 Å². The molecule has 0 atom stereocenters. The summed E-state index contributed by atoms with van der Waals surface area (Å²) in [5.41, 5.74) is 2.48. The number of aliphatic hydroxyl groups is 1. The van der Waals surface area contributed by atoms with Crippen LogP contribution >= 0.6 is 0 Å². The minimum Gasteiger partial charge on any atom is -0.392 e. The van der Waals surface area contributed by atoms with Gasteiger partial charge in [0.15, 0.2) is 0 Å². The molecule has 0 spiro atoms. The maximum Gasteiger partial charge on any atom is 0.0641 e. The lowest BCUT2D eigenvalue weighted by Gasteiger charge is -2.02. The number of hydrogen-bond acceptors (Lipinski definition) is 1. The smallest absolute Gasteiger partial charge is 0.0641 e. The second-order valence-electron chi connectivity index (χ2n) is 2.82. The Hall–Kier alpha value is -0.300. The van der Waals surface area contributed by atoms with Gasteiger partial charge >= 0.3 is 0 Å². The first-order valence-electron chi connectivity index (χ1n) is 3.98. The van der Waals surface area contributed by atoms with Crippen LogP contribution in [0, 0.1) is 0 Å². The average Bonchev–Trinajstić information content (AvgIpc) is 1.98. The maximum absolute atomic E-state index is 8.75. The van der Waals surface area contributed by atoms with Gasteiger partial charge < -0.3 is 5.11 Å². The Morgan fingerprint density at radius 3 is 2.20 bits per heavy atom. The molecule has 0 amide bonds. The van der Waals surface area contributed by atoms with E-state index in [-0.39, 0.29) is 6.61 Å². The van der Waals surface area contributed by atoms with Gasteiger partial charge in [-0.3, -0.25) is 0 Å². The molecule has 0 heterocycles. The van der Waals surface area contributed by atoms with Crippen molar-refractivity contribution in [3.05, 3.63) is 11.1 Å². The van der Waals surface area contributed by atoms with E-state index in [4.69, 9.17) is 5.11 Å². The van der Waals surface area contributed by atoms with Crippen LogP contribution in [0.2, 0.25) is 0 Å². The normalized spacial score (nSPS) is 13.2. The van der Waals surface area contributed by atoms with Crippen molar-refractivity contribution in [1.29, 1.82) is 0 Å². The fraction of sp³-hybridized carbons (Fsp3) is 0.778. The average molecular weight is 142 g/mol. The second-order valence-corrected chi connectivity index (χ2v) is 2.82. The zero-order valence-corrected chi connectivity index (χ0v) is 7.28. The summed E-state index contributed by atoms with van der Waals surface area (Å²) >= 11 is 0. The van der Waals surface area contributed by atoms with Gasteiger partial charge in [0.05, 0.1) is 6.61 Å². The van der Waals surface area contributed by atoms with E-state index in [1.807, 2.05) is 6.92 Å². The Morgan fingerprint density at radius 1 is 1.20 bits per heavy atom. The molecule has 0 saturated carbocycles. The van der Waals surface area contributed by atoms with E-state index in [1.165, 1.54) is 18.4 Å². The molecule has 1 nitrogen and oxygen atoms in total. The van der Waals surface area contributed by atoms with Crippen LogP contribution in [0.15, 0.2) is 11.1 Å². The van der Waals surface area contributed by atoms with Crippen LogP contribution in [0.1, 0.15) is 40.0 Å². The minimum atomic E-state index is 0.218. The molecule has 0 aromatic heterocycles. The van der Waals surface area contributed by atoms with Crippen LogP contribution in [0.25, 0.3) is 0 Å². The second kappa shape index (κ2) is 5.48. The lowest BCUT2D eigenvalue weighted by Crippen LogP contribution is -1.89. The monoisotopic (exact) mass is 142 g/mol. The number of hydrogen-bond donors (Lipinski definition) is 1. The van der Waals surface area contributed by atoms with Gasteiger partial charge in [-0.15, -0.1) is 0 Å². The molecule has 0 unspecified atom stereocenters. The van der Waals surface area contributed by atoms with Crippen molar-refractivity contribution >= 4 is 0 Å². The van der Waals surface area contributed by atoms with Gasteiger partial charge in [-0.05, 0) is 32.3 Å². The summed E-state index contributed by atoms with van der Waals surface area (Å²) < 4.78 is 0. The highest BCUT2D eigenvalue weighted by Gasteiger charge is 1.93. The predicted molar refractivity (Wildman–Crippen MR) is 45.0 cm³/mol. The van der Waals surface area contributed by atoms with Gasteiger partial charge in [0, 0.05) is 0 Å². The quantitative estimate of drug-likeness (QED) is 0.598. The highest BCUT2D eigenvalue weighted by atomic mass is 16.3. The minimum absolute atomic E-state index is 0.218. The number of unbranched alkanes of at least 4 members (excludes halogenated alkanes) is 1. The lowest BCUT2D eigenvalue weighted by atomic mass is 10.1. The van der Waals surface area contributed by atoms with Crippen LogP contribution in [-0.4, -0.2) is 11.7 Å². The van der Waals surface area contributed by atoms with Crippen LogP contribution in [0.3, 0.4) is 0 Å². The topological polar surface area (TPSA) is 20.2 Å². The summed E-state index contributed by atoms with van der Waals surface area (Å²) in [6.45, 7) is 6.49. The van der Waals surface area contributed by atoms with E-state index in [1.54, 1.807) is 0 Å². The van der Waals surface area contributed by atoms with Gasteiger partial charge in [0.25, 0.3) is 0 Å². The summed E-state index contributed by atoms with van der Waals surface area (Å²) in [6, 6.07) is 0. The summed E-state index contributed by atoms with van der Waals surface area (Å²) in [6.07, 6.45) is 3.61. The molecule has 0 aliphatic heterocycles.